The van der Waals surface area contributed by atoms with Crippen molar-refractivity contribution in [2.45, 2.75) is 19.6 Å². The molecule has 0 saturated carbocycles. The van der Waals surface area contributed by atoms with E-state index < -0.39 is 6.10 Å². The number of benzene rings is 1. The maximum Gasteiger partial charge on any atom is 0.194 e. The summed E-state index contributed by atoms with van der Waals surface area (Å²) >= 11 is 5.87. The van der Waals surface area contributed by atoms with Gasteiger partial charge in [-0.2, -0.15) is 5.10 Å². The standard InChI is InChI=1S/C16H23ClN6O.HI/c1-4-18-16(22(2)10-15-20-11-21-23(15)3)19-9-14(24)12-5-7-13(17)8-6-12;/h5-8,11,14,24H,4,9-10H2,1-3H3,(H,18,19);1H. The van der Waals surface area contributed by atoms with Gasteiger partial charge in [0.05, 0.1) is 19.2 Å². The number of halogens is 2. The van der Waals surface area contributed by atoms with Crippen LogP contribution in [0.5, 0.6) is 0 Å². The van der Waals surface area contributed by atoms with E-state index in [1.165, 1.54) is 6.33 Å². The third-order valence-corrected chi connectivity index (χ3v) is 3.80. The quantitative estimate of drug-likeness (QED) is 0.378. The van der Waals surface area contributed by atoms with Gasteiger partial charge < -0.3 is 15.3 Å². The van der Waals surface area contributed by atoms with Gasteiger partial charge in [0, 0.05) is 25.7 Å². The summed E-state index contributed by atoms with van der Waals surface area (Å²) in [5.41, 5.74) is 0.787. The Bertz CT molecular complexity index is 676. The monoisotopic (exact) mass is 478 g/mol. The Labute approximate surface area is 170 Å². The van der Waals surface area contributed by atoms with Crippen molar-refractivity contribution in [3.05, 3.63) is 47.0 Å². The normalized spacial score (nSPS) is 12.4. The van der Waals surface area contributed by atoms with Crippen LogP contribution in [0.3, 0.4) is 0 Å². The van der Waals surface area contributed by atoms with Gasteiger partial charge in [0.1, 0.15) is 12.2 Å². The first kappa shape index (κ1) is 21.7. The number of guanidine groups is 1. The fraction of sp³-hybridized carbons (Fsp3) is 0.438. The van der Waals surface area contributed by atoms with Crippen LogP contribution < -0.4 is 5.32 Å². The number of nitrogens with one attached hydrogen (secondary N) is 1. The van der Waals surface area contributed by atoms with Crippen LogP contribution in [0.15, 0.2) is 35.6 Å². The summed E-state index contributed by atoms with van der Waals surface area (Å²) in [5, 5.41) is 18.2. The van der Waals surface area contributed by atoms with Gasteiger partial charge in [0.25, 0.3) is 0 Å². The number of aliphatic hydroxyl groups excluding tert-OH is 1. The van der Waals surface area contributed by atoms with Crippen LogP contribution in [0.4, 0.5) is 0 Å². The number of hydrogen-bond donors (Lipinski definition) is 2. The number of rotatable bonds is 6. The highest BCUT2D eigenvalue weighted by Gasteiger charge is 2.12. The topological polar surface area (TPSA) is 78.6 Å². The Morgan fingerprint density at radius 2 is 2.08 bits per heavy atom. The van der Waals surface area contributed by atoms with Crippen LogP contribution in [-0.2, 0) is 13.6 Å². The van der Waals surface area contributed by atoms with Crippen LogP contribution >= 0.6 is 35.6 Å². The molecule has 0 bridgehead atoms. The summed E-state index contributed by atoms with van der Waals surface area (Å²) < 4.78 is 1.72. The number of nitrogens with zero attached hydrogens (tertiary/aromatic N) is 5. The van der Waals surface area contributed by atoms with E-state index in [4.69, 9.17) is 11.6 Å². The molecular weight excluding hydrogens is 455 g/mol. The highest BCUT2D eigenvalue weighted by Crippen LogP contribution is 2.16. The Morgan fingerprint density at radius 1 is 1.40 bits per heavy atom. The molecule has 1 atom stereocenters. The number of aliphatic hydroxyl groups is 1. The van der Waals surface area contributed by atoms with Crippen molar-refractivity contribution >= 4 is 41.5 Å². The zero-order chi connectivity index (χ0) is 17.5. The summed E-state index contributed by atoms with van der Waals surface area (Å²) in [7, 11) is 3.77. The predicted molar refractivity (Wildman–Crippen MR) is 110 cm³/mol. The zero-order valence-corrected chi connectivity index (χ0v) is 17.6. The molecule has 1 aromatic carbocycles. The van der Waals surface area contributed by atoms with Gasteiger partial charge in [-0.15, -0.1) is 24.0 Å². The lowest BCUT2D eigenvalue weighted by molar-refractivity contribution is 0.186. The maximum absolute atomic E-state index is 10.3. The first-order chi connectivity index (χ1) is 11.5. The second-order valence-electron chi connectivity index (χ2n) is 5.42. The highest BCUT2D eigenvalue weighted by molar-refractivity contribution is 14.0. The molecule has 138 valence electrons. The highest BCUT2D eigenvalue weighted by atomic mass is 127. The molecule has 2 N–H and O–H groups in total. The minimum atomic E-state index is -0.681. The minimum absolute atomic E-state index is 0. The van der Waals surface area contributed by atoms with E-state index in [-0.39, 0.29) is 30.5 Å². The number of hydrogen-bond acceptors (Lipinski definition) is 4. The van der Waals surface area contributed by atoms with Crippen molar-refractivity contribution in [3.8, 4) is 0 Å². The van der Waals surface area contributed by atoms with Crippen LogP contribution in [-0.4, -0.2) is 50.9 Å². The van der Waals surface area contributed by atoms with E-state index in [0.29, 0.717) is 17.5 Å². The molecule has 0 aliphatic heterocycles. The molecule has 1 unspecified atom stereocenters. The predicted octanol–water partition coefficient (Wildman–Crippen LogP) is 2.22. The summed E-state index contributed by atoms with van der Waals surface area (Å²) in [4.78, 5) is 10.7. The van der Waals surface area contributed by atoms with E-state index >= 15 is 0 Å². The second kappa shape index (κ2) is 10.6. The molecule has 1 heterocycles. The van der Waals surface area contributed by atoms with Gasteiger partial charge in [-0.25, -0.2) is 4.98 Å². The Morgan fingerprint density at radius 3 is 2.64 bits per heavy atom. The third kappa shape index (κ3) is 6.44. The lowest BCUT2D eigenvalue weighted by Gasteiger charge is -2.22. The van der Waals surface area contributed by atoms with Crippen molar-refractivity contribution in [2.24, 2.45) is 12.0 Å². The fourth-order valence-corrected chi connectivity index (χ4v) is 2.31. The molecule has 2 aromatic rings. The van der Waals surface area contributed by atoms with Gasteiger partial charge in [0.2, 0.25) is 0 Å². The molecule has 2 rings (SSSR count). The van der Waals surface area contributed by atoms with Crippen molar-refractivity contribution in [2.75, 3.05) is 20.1 Å². The molecule has 0 fully saturated rings. The van der Waals surface area contributed by atoms with Gasteiger partial charge in [0.15, 0.2) is 5.96 Å². The molecule has 0 spiro atoms. The first-order valence-corrected chi connectivity index (χ1v) is 8.15. The summed E-state index contributed by atoms with van der Waals surface area (Å²) in [6, 6.07) is 7.13. The van der Waals surface area contributed by atoms with E-state index in [1.807, 2.05) is 25.9 Å². The van der Waals surface area contributed by atoms with Crippen molar-refractivity contribution < 1.29 is 5.11 Å². The molecular formula is C16H24ClIN6O. The molecule has 7 nitrogen and oxygen atoms in total. The largest absolute Gasteiger partial charge is 0.386 e. The van der Waals surface area contributed by atoms with Crippen LogP contribution in [0.2, 0.25) is 5.02 Å². The average molecular weight is 479 g/mol. The minimum Gasteiger partial charge on any atom is -0.386 e. The van der Waals surface area contributed by atoms with E-state index in [0.717, 1.165) is 17.9 Å². The van der Waals surface area contributed by atoms with Crippen molar-refractivity contribution in [1.82, 2.24) is 25.0 Å². The molecule has 1 aromatic heterocycles. The SMILES string of the molecule is CCNC(=NCC(O)c1ccc(Cl)cc1)N(C)Cc1ncnn1C.I. The van der Waals surface area contributed by atoms with Crippen molar-refractivity contribution in [3.63, 3.8) is 0 Å². The first-order valence-electron chi connectivity index (χ1n) is 7.77. The van der Waals surface area contributed by atoms with Gasteiger partial charge in [-0.3, -0.25) is 9.67 Å². The molecule has 0 radical (unpaired) electrons. The zero-order valence-electron chi connectivity index (χ0n) is 14.6. The van der Waals surface area contributed by atoms with Crippen LogP contribution in [0.1, 0.15) is 24.4 Å². The number of aryl methyl sites for hydroxylation is 1. The fourth-order valence-electron chi connectivity index (χ4n) is 2.18. The molecule has 25 heavy (non-hydrogen) atoms. The third-order valence-electron chi connectivity index (χ3n) is 3.55. The molecule has 0 aliphatic carbocycles. The van der Waals surface area contributed by atoms with E-state index in [2.05, 4.69) is 20.4 Å². The lowest BCUT2D eigenvalue weighted by Crippen LogP contribution is -2.39. The Balaban J connectivity index is 0.00000312. The van der Waals surface area contributed by atoms with Gasteiger partial charge in [-0.05, 0) is 24.6 Å². The molecule has 0 saturated heterocycles. The molecule has 0 aliphatic rings. The van der Waals surface area contributed by atoms with Gasteiger partial charge >= 0.3 is 0 Å². The summed E-state index contributed by atoms with van der Waals surface area (Å²) in [5.74, 6) is 1.54. The summed E-state index contributed by atoms with van der Waals surface area (Å²) in [6.45, 7) is 3.56. The lowest BCUT2D eigenvalue weighted by atomic mass is 10.1. The smallest absolute Gasteiger partial charge is 0.194 e. The average Bonchev–Trinajstić information content (AvgIpc) is 2.96. The van der Waals surface area contributed by atoms with Crippen molar-refractivity contribution in [1.29, 1.82) is 0 Å². The second-order valence-corrected chi connectivity index (χ2v) is 5.85. The van der Waals surface area contributed by atoms with E-state index in [9.17, 15) is 5.11 Å². The number of aliphatic imine (C=N–C) groups is 1. The maximum atomic E-state index is 10.3. The Hall–Kier alpha value is -1.39. The van der Waals surface area contributed by atoms with E-state index in [1.54, 1.807) is 28.9 Å². The number of aromatic nitrogens is 3. The van der Waals surface area contributed by atoms with Gasteiger partial charge in [-0.1, -0.05) is 23.7 Å². The molecule has 0 amide bonds. The Kier molecular flexibility index (Phi) is 9.15. The summed E-state index contributed by atoms with van der Waals surface area (Å²) in [6.07, 6.45) is 0.844. The van der Waals surface area contributed by atoms with Crippen LogP contribution in [0, 0.1) is 0 Å². The molecule has 9 heteroatoms. The van der Waals surface area contributed by atoms with Crippen LogP contribution in [0.25, 0.3) is 0 Å².